The van der Waals surface area contributed by atoms with E-state index in [4.69, 9.17) is 4.74 Å². The molecule has 3 heterocycles. The maximum Gasteiger partial charge on any atom is 0.326 e. The first kappa shape index (κ1) is 19.0. The zero-order valence-corrected chi connectivity index (χ0v) is 16.9. The van der Waals surface area contributed by atoms with Crippen LogP contribution in [0.2, 0.25) is 0 Å². The Bertz CT molecular complexity index is 1370. The van der Waals surface area contributed by atoms with Gasteiger partial charge in [0.2, 0.25) is 0 Å². The van der Waals surface area contributed by atoms with Crippen LogP contribution >= 0.6 is 11.3 Å². The number of aryl methyl sites for hydroxylation is 2. The minimum atomic E-state index is -0.772. The summed E-state index contributed by atoms with van der Waals surface area (Å²) < 4.78 is 6.59. The number of aromatic nitrogens is 4. The van der Waals surface area contributed by atoms with E-state index < -0.39 is 12.1 Å². The highest BCUT2D eigenvalue weighted by atomic mass is 32.1. The summed E-state index contributed by atoms with van der Waals surface area (Å²) in [6.07, 6.45) is 0.548. The Hall–Kier alpha value is -3.33. The highest BCUT2D eigenvalue weighted by Gasteiger charge is 2.19. The standard InChI is InChI=1S/C20H18N4O4S/c1-10-12(3)29-19-16(10)18(26)22-17(23-19)11(2)28-15(25)8-24-9-21-14-7-5-4-6-13(14)20(24)27/h4-7,9,11H,8H2,1-3H3,(H,22,23,26)/t11-/m0/s1. The molecule has 0 aliphatic carbocycles. The molecule has 0 bridgehead atoms. The monoisotopic (exact) mass is 410 g/mol. The van der Waals surface area contributed by atoms with Crippen molar-refractivity contribution < 1.29 is 9.53 Å². The van der Waals surface area contributed by atoms with Gasteiger partial charge in [-0.1, -0.05) is 12.1 Å². The largest absolute Gasteiger partial charge is 0.453 e. The number of aromatic amines is 1. The van der Waals surface area contributed by atoms with Gasteiger partial charge in [-0.3, -0.25) is 19.0 Å². The van der Waals surface area contributed by atoms with E-state index in [2.05, 4.69) is 15.0 Å². The molecule has 1 atom stereocenters. The Balaban J connectivity index is 1.56. The van der Waals surface area contributed by atoms with Crippen molar-refractivity contribution in [3.05, 3.63) is 67.6 Å². The van der Waals surface area contributed by atoms with E-state index in [1.807, 2.05) is 13.8 Å². The van der Waals surface area contributed by atoms with Gasteiger partial charge in [-0.25, -0.2) is 9.97 Å². The van der Waals surface area contributed by atoms with Crippen molar-refractivity contribution in [1.82, 2.24) is 19.5 Å². The molecular weight excluding hydrogens is 392 g/mol. The zero-order chi connectivity index (χ0) is 20.7. The number of H-pyrrole nitrogens is 1. The summed E-state index contributed by atoms with van der Waals surface area (Å²) in [5, 5.41) is 0.985. The Kier molecular flexibility index (Phi) is 4.75. The summed E-state index contributed by atoms with van der Waals surface area (Å²) in [4.78, 5) is 50.2. The van der Waals surface area contributed by atoms with E-state index in [0.717, 1.165) is 10.4 Å². The van der Waals surface area contributed by atoms with Crippen molar-refractivity contribution in [2.24, 2.45) is 0 Å². The quantitative estimate of drug-likeness (QED) is 0.518. The third-order valence-corrected chi connectivity index (χ3v) is 5.88. The number of carbonyl (C=O) groups excluding carboxylic acids is 1. The molecule has 29 heavy (non-hydrogen) atoms. The fourth-order valence-electron chi connectivity index (χ4n) is 3.11. The minimum Gasteiger partial charge on any atom is -0.453 e. The molecule has 0 aliphatic rings. The van der Waals surface area contributed by atoms with Crippen LogP contribution < -0.4 is 11.1 Å². The normalized spacial score (nSPS) is 12.4. The number of esters is 1. The van der Waals surface area contributed by atoms with E-state index in [-0.39, 0.29) is 23.5 Å². The predicted octanol–water partition coefficient (Wildman–Crippen LogP) is 2.62. The SMILES string of the molecule is Cc1sc2nc([C@H](C)OC(=O)Cn3cnc4ccccc4c3=O)[nH]c(=O)c2c1C. The number of thiophene rings is 1. The van der Waals surface area contributed by atoms with Crippen molar-refractivity contribution in [2.45, 2.75) is 33.4 Å². The number of ether oxygens (including phenoxy) is 1. The molecule has 1 N–H and O–H groups in total. The number of nitrogens with zero attached hydrogens (tertiary/aromatic N) is 3. The molecule has 9 heteroatoms. The number of para-hydroxylation sites is 1. The molecule has 0 saturated carbocycles. The Morgan fingerprint density at radius 1 is 1.28 bits per heavy atom. The van der Waals surface area contributed by atoms with Crippen molar-refractivity contribution in [3.8, 4) is 0 Å². The molecule has 8 nitrogen and oxygen atoms in total. The highest BCUT2D eigenvalue weighted by molar-refractivity contribution is 7.18. The number of nitrogens with one attached hydrogen (secondary N) is 1. The molecule has 0 saturated heterocycles. The van der Waals surface area contributed by atoms with E-state index in [1.54, 1.807) is 31.2 Å². The summed E-state index contributed by atoms with van der Waals surface area (Å²) in [6, 6.07) is 6.91. The van der Waals surface area contributed by atoms with Crippen LogP contribution in [0.15, 0.2) is 40.2 Å². The van der Waals surface area contributed by atoms with Crippen molar-refractivity contribution >= 4 is 38.4 Å². The van der Waals surface area contributed by atoms with Gasteiger partial charge in [-0.15, -0.1) is 11.3 Å². The maximum atomic E-state index is 12.5. The average Bonchev–Trinajstić information content (AvgIpc) is 2.98. The lowest BCUT2D eigenvalue weighted by Crippen LogP contribution is -2.26. The van der Waals surface area contributed by atoms with Gasteiger partial charge < -0.3 is 9.72 Å². The molecule has 0 fully saturated rings. The van der Waals surface area contributed by atoms with Gasteiger partial charge in [0.25, 0.3) is 11.1 Å². The highest BCUT2D eigenvalue weighted by Crippen LogP contribution is 2.26. The Morgan fingerprint density at radius 2 is 2.03 bits per heavy atom. The van der Waals surface area contributed by atoms with Crippen molar-refractivity contribution in [3.63, 3.8) is 0 Å². The number of benzene rings is 1. The van der Waals surface area contributed by atoms with Gasteiger partial charge in [-0.05, 0) is 38.5 Å². The number of hydrogen-bond donors (Lipinski definition) is 1. The van der Waals surface area contributed by atoms with Crippen molar-refractivity contribution in [2.75, 3.05) is 0 Å². The van der Waals surface area contributed by atoms with Crippen LogP contribution in [-0.2, 0) is 16.1 Å². The minimum absolute atomic E-state index is 0.260. The van der Waals surface area contributed by atoms with Gasteiger partial charge in [0, 0.05) is 4.88 Å². The van der Waals surface area contributed by atoms with Gasteiger partial charge >= 0.3 is 5.97 Å². The predicted molar refractivity (Wildman–Crippen MR) is 110 cm³/mol. The van der Waals surface area contributed by atoms with E-state index >= 15 is 0 Å². The second-order valence-corrected chi connectivity index (χ2v) is 7.94. The van der Waals surface area contributed by atoms with E-state index in [1.165, 1.54) is 22.2 Å². The summed E-state index contributed by atoms with van der Waals surface area (Å²) in [5.74, 6) is -0.362. The first-order chi connectivity index (χ1) is 13.8. The average molecular weight is 410 g/mol. The molecule has 0 aliphatic heterocycles. The molecule has 148 valence electrons. The molecule has 0 spiro atoms. The van der Waals surface area contributed by atoms with Crippen LogP contribution in [0.5, 0.6) is 0 Å². The molecule has 0 unspecified atom stereocenters. The van der Waals surface area contributed by atoms with Crippen LogP contribution in [0, 0.1) is 13.8 Å². The first-order valence-electron chi connectivity index (χ1n) is 8.98. The lowest BCUT2D eigenvalue weighted by atomic mass is 10.2. The lowest BCUT2D eigenvalue weighted by Gasteiger charge is -2.13. The summed E-state index contributed by atoms with van der Waals surface area (Å²) >= 11 is 1.42. The van der Waals surface area contributed by atoms with Crippen molar-refractivity contribution in [1.29, 1.82) is 0 Å². The molecule has 4 rings (SSSR count). The first-order valence-corrected chi connectivity index (χ1v) is 9.80. The van der Waals surface area contributed by atoms with Gasteiger partial charge in [0.15, 0.2) is 11.9 Å². The smallest absolute Gasteiger partial charge is 0.326 e. The topological polar surface area (TPSA) is 107 Å². The molecule has 0 radical (unpaired) electrons. The molecular formula is C20H18N4O4S. The van der Waals surface area contributed by atoms with Crippen LogP contribution in [0.3, 0.4) is 0 Å². The lowest BCUT2D eigenvalue weighted by molar-refractivity contribution is -0.149. The van der Waals surface area contributed by atoms with Gasteiger partial charge in [-0.2, -0.15) is 0 Å². The van der Waals surface area contributed by atoms with Crippen LogP contribution in [0.1, 0.15) is 29.3 Å². The van der Waals surface area contributed by atoms with E-state index in [9.17, 15) is 14.4 Å². The number of hydrogen-bond acceptors (Lipinski definition) is 7. The second-order valence-electron chi connectivity index (χ2n) is 6.74. The fraction of sp³-hybridized carbons (Fsp3) is 0.250. The fourth-order valence-corrected chi connectivity index (χ4v) is 4.15. The van der Waals surface area contributed by atoms with Crippen LogP contribution in [0.25, 0.3) is 21.1 Å². The number of carbonyl (C=O) groups is 1. The summed E-state index contributed by atoms with van der Waals surface area (Å²) in [6.45, 7) is 5.14. The third-order valence-electron chi connectivity index (χ3n) is 4.78. The Labute approximate surface area is 168 Å². The summed E-state index contributed by atoms with van der Waals surface area (Å²) in [7, 11) is 0. The molecule has 4 aromatic rings. The van der Waals surface area contributed by atoms with Gasteiger partial charge in [0.1, 0.15) is 11.4 Å². The Morgan fingerprint density at radius 3 is 2.83 bits per heavy atom. The molecule has 0 amide bonds. The zero-order valence-electron chi connectivity index (χ0n) is 16.1. The third kappa shape index (κ3) is 3.44. The van der Waals surface area contributed by atoms with Crippen LogP contribution in [0.4, 0.5) is 0 Å². The number of fused-ring (bicyclic) bond motifs is 2. The molecule has 3 aromatic heterocycles. The molecule has 1 aromatic carbocycles. The number of rotatable bonds is 4. The maximum absolute atomic E-state index is 12.5. The van der Waals surface area contributed by atoms with Crippen LogP contribution in [-0.4, -0.2) is 25.5 Å². The summed E-state index contributed by atoms with van der Waals surface area (Å²) in [5.41, 5.74) is 0.882. The van der Waals surface area contributed by atoms with Gasteiger partial charge in [0.05, 0.1) is 22.6 Å². The second kappa shape index (κ2) is 7.25. The van der Waals surface area contributed by atoms with E-state index in [0.29, 0.717) is 21.1 Å².